The molecule has 184 valence electrons. The molecule has 0 fully saturated rings. The standard InChI is InChI=1S/C20H25N5O8S/c1-32-7-3-5-21-19(26)17-13-34-18(22-17)12-23(6-4-8-33-2)20(27)14-9-15(24(28)29)11-16(10-14)25(30)31/h9-11,13H,3-8,12H2,1-2H3,(H,21,26). The number of amides is 2. The van der Waals surface area contributed by atoms with E-state index in [0.717, 1.165) is 18.2 Å². The van der Waals surface area contributed by atoms with Crippen molar-refractivity contribution >= 4 is 34.5 Å². The second-order valence-electron chi connectivity index (χ2n) is 7.05. The number of aromatic nitrogens is 1. The maximum atomic E-state index is 13.2. The van der Waals surface area contributed by atoms with Crippen molar-refractivity contribution in [2.45, 2.75) is 19.4 Å². The Hall–Kier alpha value is -3.49. The quantitative estimate of drug-likeness (QED) is 0.235. The van der Waals surface area contributed by atoms with Crippen molar-refractivity contribution in [3.8, 4) is 0 Å². The Kier molecular flexibility index (Phi) is 10.4. The third-order valence-electron chi connectivity index (χ3n) is 4.56. The first-order chi connectivity index (χ1) is 16.3. The normalized spacial score (nSPS) is 10.6. The first kappa shape index (κ1) is 26.8. The summed E-state index contributed by atoms with van der Waals surface area (Å²) in [7, 11) is 3.08. The van der Waals surface area contributed by atoms with Gasteiger partial charge in [0.15, 0.2) is 0 Å². The van der Waals surface area contributed by atoms with E-state index in [0.29, 0.717) is 37.6 Å². The third-order valence-corrected chi connectivity index (χ3v) is 5.39. The largest absolute Gasteiger partial charge is 0.385 e. The maximum Gasteiger partial charge on any atom is 0.277 e. The van der Waals surface area contributed by atoms with Crippen molar-refractivity contribution in [2.24, 2.45) is 0 Å². The maximum absolute atomic E-state index is 13.2. The van der Waals surface area contributed by atoms with Crippen molar-refractivity contribution in [3.63, 3.8) is 0 Å². The zero-order valence-electron chi connectivity index (χ0n) is 18.7. The highest BCUT2D eigenvalue weighted by Gasteiger charge is 2.24. The molecular formula is C20H25N5O8S. The summed E-state index contributed by atoms with van der Waals surface area (Å²) in [5, 5.41) is 27.1. The van der Waals surface area contributed by atoms with Crippen LogP contribution in [0.5, 0.6) is 0 Å². The Morgan fingerprint density at radius 3 is 2.26 bits per heavy atom. The predicted molar refractivity (Wildman–Crippen MR) is 122 cm³/mol. The minimum absolute atomic E-state index is 0.0145. The highest BCUT2D eigenvalue weighted by molar-refractivity contribution is 7.09. The van der Waals surface area contributed by atoms with E-state index < -0.39 is 27.1 Å². The SMILES string of the molecule is COCCCNC(=O)c1csc(CN(CCCOC)C(=O)c2cc([N+](=O)[O-])cc([N+](=O)[O-])c2)n1. The number of nitrogens with zero attached hydrogens (tertiary/aromatic N) is 4. The van der Waals surface area contributed by atoms with Crippen LogP contribution in [0, 0.1) is 20.2 Å². The zero-order valence-corrected chi connectivity index (χ0v) is 19.5. The molecule has 0 radical (unpaired) electrons. The van der Waals surface area contributed by atoms with Crippen LogP contribution in [0.15, 0.2) is 23.6 Å². The summed E-state index contributed by atoms with van der Waals surface area (Å²) in [5.74, 6) is -0.992. The average molecular weight is 496 g/mol. The molecule has 1 aromatic carbocycles. The number of nitro benzene ring substituents is 2. The molecular weight excluding hydrogens is 470 g/mol. The van der Waals surface area contributed by atoms with Crippen LogP contribution in [-0.4, -0.2) is 72.1 Å². The van der Waals surface area contributed by atoms with E-state index in [9.17, 15) is 29.8 Å². The molecule has 0 unspecified atom stereocenters. The lowest BCUT2D eigenvalue weighted by Gasteiger charge is -2.21. The molecule has 1 N–H and O–H groups in total. The highest BCUT2D eigenvalue weighted by Crippen LogP contribution is 2.24. The van der Waals surface area contributed by atoms with Crippen LogP contribution in [0.25, 0.3) is 0 Å². The summed E-state index contributed by atoms with van der Waals surface area (Å²) < 4.78 is 9.96. The molecule has 34 heavy (non-hydrogen) atoms. The number of non-ortho nitro benzene ring substituents is 2. The van der Waals surface area contributed by atoms with E-state index in [1.54, 1.807) is 12.5 Å². The van der Waals surface area contributed by atoms with Crippen LogP contribution in [0.3, 0.4) is 0 Å². The van der Waals surface area contributed by atoms with Gasteiger partial charge in [0.1, 0.15) is 10.7 Å². The smallest absolute Gasteiger partial charge is 0.277 e. The number of nitro groups is 2. The lowest BCUT2D eigenvalue weighted by molar-refractivity contribution is -0.394. The van der Waals surface area contributed by atoms with E-state index in [-0.39, 0.29) is 30.3 Å². The first-order valence-electron chi connectivity index (χ1n) is 10.2. The number of methoxy groups -OCH3 is 2. The van der Waals surface area contributed by atoms with E-state index in [2.05, 4.69) is 10.3 Å². The molecule has 0 bridgehead atoms. The van der Waals surface area contributed by atoms with Gasteiger partial charge in [-0.2, -0.15) is 0 Å². The highest BCUT2D eigenvalue weighted by atomic mass is 32.1. The fourth-order valence-corrected chi connectivity index (χ4v) is 3.71. The molecule has 14 heteroatoms. The van der Waals surface area contributed by atoms with Crippen LogP contribution in [-0.2, 0) is 16.0 Å². The number of carbonyl (C=O) groups is 2. The van der Waals surface area contributed by atoms with E-state index in [1.807, 2.05) is 0 Å². The Morgan fingerprint density at radius 1 is 1.06 bits per heavy atom. The van der Waals surface area contributed by atoms with Gasteiger partial charge in [0, 0.05) is 58.0 Å². The van der Waals surface area contributed by atoms with Crippen molar-refractivity contribution in [2.75, 3.05) is 40.5 Å². The summed E-state index contributed by atoms with van der Waals surface area (Å²) in [6.07, 6.45) is 1.11. The van der Waals surface area contributed by atoms with Crippen molar-refractivity contribution in [1.82, 2.24) is 15.2 Å². The van der Waals surface area contributed by atoms with Gasteiger partial charge in [0.05, 0.1) is 28.0 Å². The summed E-state index contributed by atoms with van der Waals surface area (Å²) in [6, 6.07) is 2.79. The van der Waals surface area contributed by atoms with Crippen LogP contribution in [0.1, 0.15) is 38.7 Å². The molecule has 1 heterocycles. The number of thiazole rings is 1. The van der Waals surface area contributed by atoms with Gasteiger partial charge in [0.2, 0.25) is 0 Å². The lowest BCUT2D eigenvalue weighted by Crippen LogP contribution is -2.32. The molecule has 2 rings (SSSR count). The Bertz CT molecular complexity index is 996. The van der Waals surface area contributed by atoms with Gasteiger partial charge >= 0.3 is 0 Å². The van der Waals surface area contributed by atoms with Gasteiger partial charge in [-0.25, -0.2) is 4.98 Å². The molecule has 0 atom stereocenters. The van der Waals surface area contributed by atoms with Gasteiger partial charge in [-0.3, -0.25) is 29.8 Å². The van der Waals surface area contributed by atoms with E-state index in [4.69, 9.17) is 9.47 Å². The van der Waals surface area contributed by atoms with Gasteiger partial charge in [-0.05, 0) is 12.8 Å². The minimum Gasteiger partial charge on any atom is -0.385 e. The Morgan fingerprint density at radius 2 is 1.68 bits per heavy atom. The molecule has 2 aromatic rings. The second kappa shape index (κ2) is 13.3. The molecule has 2 amide bonds. The summed E-state index contributed by atoms with van der Waals surface area (Å²) >= 11 is 1.18. The topological polar surface area (TPSA) is 167 Å². The molecule has 1 aromatic heterocycles. The number of nitrogens with one attached hydrogen (secondary N) is 1. The molecule has 13 nitrogen and oxygen atoms in total. The van der Waals surface area contributed by atoms with Crippen molar-refractivity contribution in [1.29, 1.82) is 0 Å². The fraction of sp³-hybridized carbons (Fsp3) is 0.450. The first-order valence-corrected chi connectivity index (χ1v) is 11.1. The number of hydrogen-bond donors (Lipinski definition) is 1. The molecule has 0 saturated carbocycles. The minimum atomic E-state index is -0.794. The molecule has 0 saturated heterocycles. The number of hydrogen-bond acceptors (Lipinski definition) is 10. The fourth-order valence-electron chi connectivity index (χ4n) is 2.92. The van der Waals surface area contributed by atoms with Crippen LogP contribution in [0.2, 0.25) is 0 Å². The van der Waals surface area contributed by atoms with Crippen LogP contribution < -0.4 is 5.32 Å². The van der Waals surface area contributed by atoms with Crippen LogP contribution >= 0.6 is 11.3 Å². The Labute approximate surface area is 199 Å². The Balaban J connectivity index is 2.22. The van der Waals surface area contributed by atoms with Crippen molar-refractivity contribution in [3.05, 3.63) is 60.1 Å². The van der Waals surface area contributed by atoms with Gasteiger partial charge in [0.25, 0.3) is 23.2 Å². The summed E-state index contributed by atoms with van der Waals surface area (Å²) in [4.78, 5) is 51.8. The van der Waals surface area contributed by atoms with Gasteiger partial charge < -0.3 is 19.7 Å². The molecule has 0 aliphatic rings. The second-order valence-corrected chi connectivity index (χ2v) is 8.00. The molecule has 0 aliphatic carbocycles. The molecule has 0 aliphatic heterocycles. The number of benzene rings is 1. The summed E-state index contributed by atoms with van der Waals surface area (Å²) in [6.45, 7) is 1.51. The van der Waals surface area contributed by atoms with Crippen molar-refractivity contribution < 1.29 is 28.9 Å². The number of rotatable bonds is 14. The summed E-state index contributed by atoms with van der Waals surface area (Å²) in [5.41, 5.74) is -1.11. The zero-order chi connectivity index (χ0) is 25.1. The lowest BCUT2D eigenvalue weighted by atomic mass is 10.1. The predicted octanol–water partition coefficient (Wildman–Crippen LogP) is 2.40. The van der Waals surface area contributed by atoms with E-state index >= 15 is 0 Å². The van der Waals surface area contributed by atoms with Gasteiger partial charge in [-0.1, -0.05) is 0 Å². The number of carbonyl (C=O) groups excluding carboxylic acids is 2. The van der Waals surface area contributed by atoms with E-state index in [1.165, 1.54) is 23.3 Å². The number of ether oxygens (including phenoxy) is 2. The van der Waals surface area contributed by atoms with Crippen LogP contribution in [0.4, 0.5) is 11.4 Å². The van der Waals surface area contributed by atoms with Gasteiger partial charge in [-0.15, -0.1) is 11.3 Å². The average Bonchev–Trinajstić information content (AvgIpc) is 3.29. The third kappa shape index (κ3) is 7.83. The monoisotopic (exact) mass is 495 g/mol. The molecule has 0 spiro atoms.